The van der Waals surface area contributed by atoms with Crippen LogP contribution in [-0.4, -0.2) is 35.4 Å². The monoisotopic (exact) mass is 400 g/mol. The predicted molar refractivity (Wildman–Crippen MR) is 91.6 cm³/mol. The molecule has 0 aromatic heterocycles. The molecule has 4 aliphatic carbocycles. The Hall–Kier alpha value is -1.11. The second-order valence-corrected chi connectivity index (χ2v) is 9.45. The van der Waals surface area contributed by atoms with E-state index in [0.29, 0.717) is 18.4 Å². The maximum atomic E-state index is 12.7. The third-order valence-corrected chi connectivity index (χ3v) is 6.47. The minimum absolute atomic E-state index is 0.0679. The average Bonchev–Trinajstić information content (AvgIpc) is 2.48. The second-order valence-electron chi connectivity index (χ2n) is 7.77. The predicted octanol–water partition coefficient (Wildman–Crippen LogP) is 2.50. The SMILES string of the molecule is CCCNC(=O)NC(=O)COC(=O)C12C[C@@H]3C[C@H](CC(Br)(C3)C1)C2. The van der Waals surface area contributed by atoms with Crippen molar-refractivity contribution in [2.24, 2.45) is 17.3 Å². The molecule has 0 unspecified atom stereocenters. The number of hydrogen-bond acceptors (Lipinski definition) is 4. The Morgan fingerprint density at radius 2 is 1.83 bits per heavy atom. The van der Waals surface area contributed by atoms with Gasteiger partial charge in [0, 0.05) is 10.9 Å². The van der Waals surface area contributed by atoms with Crippen molar-refractivity contribution in [2.75, 3.05) is 13.2 Å². The molecular weight excluding hydrogens is 376 g/mol. The summed E-state index contributed by atoms with van der Waals surface area (Å²) in [5.41, 5.74) is -0.446. The summed E-state index contributed by atoms with van der Waals surface area (Å²) in [5, 5.41) is 4.72. The molecule has 4 fully saturated rings. The Morgan fingerprint density at radius 1 is 1.17 bits per heavy atom. The first kappa shape index (κ1) is 17.7. The summed E-state index contributed by atoms with van der Waals surface area (Å²) in [6.45, 7) is 2.02. The number of hydrogen-bond donors (Lipinski definition) is 2. The van der Waals surface area contributed by atoms with Crippen molar-refractivity contribution in [3.8, 4) is 0 Å². The quantitative estimate of drug-likeness (QED) is 0.548. The highest BCUT2D eigenvalue weighted by Crippen LogP contribution is 2.64. The zero-order chi connectivity index (χ0) is 17.4. The van der Waals surface area contributed by atoms with Crippen LogP contribution < -0.4 is 10.6 Å². The van der Waals surface area contributed by atoms with Gasteiger partial charge in [-0.1, -0.05) is 22.9 Å². The van der Waals surface area contributed by atoms with Gasteiger partial charge in [0.2, 0.25) is 0 Å². The van der Waals surface area contributed by atoms with Gasteiger partial charge in [-0.25, -0.2) is 4.79 Å². The number of urea groups is 1. The molecular formula is C17H25BrN2O4. The molecule has 2 N–H and O–H groups in total. The number of imide groups is 1. The highest BCUT2D eigenvalue weighted by atomic mass is 79.9. The molecule has 4 aliphatic rings. The number of halogens is 1. The van der Waals surface area contributed by atoms with Crippen LogP contribution in [0.5, 0.6) is 0 Å². The van der Waals surface area contributed by atoms with Crippen molar-refractivity contribution >= 4 is 33.8 Å². The number of ether oxygens (including phenoxy) is 1. The van der Waals surface area contributed by atoms with E-state index in [1.807, 2.05) is 6.92 Å². The van der Waals surface area contributed by atoms with Gasteiger partial charge in [-0.2, -0.15) is 0 Å². The Bertz CT molecular complexity index is 537. The van der Waals surface area contributed by atoms with Crippen molar-refractivity contribution < 1.29 is 19.1 Å². The van der Waals surface area contributed by atoms with Gasteiger partial charge in [-0.15, -0.1) is 0 Å². The molecule has 3 amide bonds. The van der Waals surface area contributed by atoms with E-state index in [1.165, 1.54) is 6.42 Å². The summed E-state index contributed by atoms with van der Waals surface area (Å²) in [4.78, 5) is 35.9. The second kappa shape index (κ2) is 6.65. The van der Waals surface area contributed by atoms with Crippen molar-refractivity contribution in [3.63, 3.8) is 0 Å². The molecule has 0 radical (unpaired) electrons. The summed E-state index contributed by atoms with van der Waals surface area (Å²) < 4.78 is 5.36. The summed E-state index contributed by atoms with van der Waals surface area (Å²) >= 11 is 3.86. The number of rotatable bonds is 5. The summed E-state index contributed by atoms with van der Waals surface area (Å²) in [5.74, 6) is 0.290. The minimum Gasteiger partial charge on any atom is -0.455 e. The standard InChI is InChI=1S/C17H25BrN2O4/c1-2-3-19-15(23)20-13(21)9-24-14(22)16-5-11-4-12(6-16)8-17(18,7-11)10-16/h11-12H,2-10H2,1H3,(H2,19,20,21,23)/t11-,12-,16?,17?/m0/s1. The number of amides is 3. The third kappa shape index (κ3) is 3.60. The van der Waals surface area contributed by atoms with Crippen molar-refractivity contribution in [3.05, 3.63) is 0 Å². The largest absolute Gasteiger partial charge is 0.455 e. The number of carbonyl (C=O) groups excluding carboxylic acids is 3. The molecule has 0 aromatic rings. The first-order chi connectivity index (χ1) is 11.3. The van der Waals surface area contributed by atoms with Crippen LogP contribution >= 0.6 is 15.9 Å². The lowest BCUT2D eigenvalue weighted by Crippen LogP contribution is -2.56. The van der Waals surface area contributed by atoms with E-state index in [0.717, 1.165) is 38.5 Å². The molecule has 0 saturated heterocycles. The van der Waals surface area contributed by atoms with Gasteiger partial charge in [0.1, 0.15) is 0 Å². The fourth-order valence-electron chi connectivity index (χ4n) is 5.12. The smallest absolute Gasteiger partial charge is 0.321 e. The highest BCUT2D eigenvalue weighted by molar-refractivity contribution is 9.10. The first-order valence-corrected chi connectivity index (χ1v) is 9.57. The van der Waals surface area contributed by atoms with Crippen LogP contribution in [0.2, 0.25) is 0 Å². The van der Waals surface area contributed by atoms with Crippen LogP contribution in [0.1, 0.15) is 51.9 Å². The Labute approximate surface area is 150 Å². The van der Waals surface area contributed by atoms with Crippen LogP contribution in [0, 0.1) is 17.3 Å². The lowest BCUT2D eigenvalue weighted by molar-refractivity contribution is -0.171. The van der Waals surface area contributed by atoms with E-state index in [2.05, 4.69) is 26.6 Å². The lowest BCUT2D eigenvalue weighted by atomic mass is 9.49. The Morgan fingerprint density at radius 3 is 2.42 bits per heavy atom. The summed E-state index contributed by atoms with van der Waals surface area (Å²) in [6.07, 6.45) is 6.80. The van der Waals surface area contributed by atoms with E-state index in [9.17, 15) is 14.4 Å². The van der Waals surface area contributed by atoms with E-state index in [4.69, 9.17) is 4.74 Å². The van der Waals surface area contributed by atoms with E-state index in [-0.39, 0.29) is 10.3 Å². The first-order valence-electron chi connectivity index (χ1n) is 8.78. The maximum absolute atomic E-state index is 12.7. The molecule has 0 aliphatic heterocycles. The van der Waals surface area contributed by atoms with Gasteiger partial charge >= 0.3 is 12.0 Å². The average molecular weight is 401 g/mol. The van der Waals surface area contributed by atoms with Gasteiger partial charge in [-0.3, -0.25) is 14.9 Å². The van der Waals surface area contributed by atoms with E-state index in [1.54, 1.807) is 0 Å². The van der Waals surface area contributed by atoms with Crippen LogP contribution in [0.15, 0.2) is 0 Å². The van der Waals surface area contributed by atoms with Crippen LogP contribution in [0.25, 0.3) is 0 Å². The van der Waals surface area contributed by atoms with Crippen LogP contribution in [0.4, 0.5) is 4.79 Å². The van der Waals surface area contributed by atoms with Gasteiger partial charge in [-0.05, 0) is 56.8 Å². The molecule has 0 spiro atoms. The van der Waals surface area contributed by atoms with Gasteiger partial charge in [0.25, 0.3) is 5.91 Å². The summed E-state index contributed by atoms with van der Waals surface area (Å²) in [7, 11) is 0. The number of carbonyl (C=O) groups is 3. The molecule has 7 heteroatoms. The summed E-state index contributed by atoms with van der Waals surface area (Å²) in [6, 6.07) is -0.549. The molecule has 4 bridgehead atoms. The zero-order valence-electron chi connectivity index (χ0n) is 14.0. The number of nitrogens with one attached hydrogen (secondary N) is 2. The fourth-order valence-corrected chi connectivity index (χ4v) is 6.57. The lowest BCUT2D eigenvalue weighted by Gasteiger charge is -2.58. The maximum Gasteiger partial charge on any atom is 0.321 e. The molecule has 6 nitrogen and oxygen atoms in total. The molecule has 2 atom stereocenters. The molecule has 4 rings (SSSR count). The van der Waals surface area contributed by atoms with E-state index < -0.39 is 24.0 Å². The van der Waals surface area contributed by atoms with Crippen LogP contribution in [-0.2, 0) is 14.3 Å². The van der Waals surface area contributed by atoms with Crippen molar-refractivity contribution in [1.82, 2.24) is 10.6 Å². The third-order valence-electron chi connectivity index (χ3n) is 5.55. The van der Waals surface area contributed by atoms with Crippen molar-refractivity contribution in [1.29, 1.82) is 0 Å². The normalized spacial score (nSPS) is 36.2. The highest BCUT2D eigenvalue weighted by Gasteiger charge is 2.60. The fraction of sp³-hybridized carbons (Fsp3) is 0.824. The molecule has 0 heterocycles. The van der Waals surface area contributed by atoms with Gasteiger partial charge in [0.05, 0.1) is 5.41 Å². The molecule has 4 saturated carbocycles. The molecule has 24 heavy (non-hydrogen) atoms. The van der Waals surface area contributed by atoms with Crippen molar-refractivity contribution in [2.45, 2.75) is 56.2 Å². The van der Waals surface area contributed by atoms with Gasteiger partial charge < -0.3 is 10.1 Å². The van der Waals surface area contributed by atoms with Crippen LogP contribution in [0.3, 0.4) is 0 Å². The number of alkyl halides is 1. The van der Waals surface area contributed by atoms with Gasteiger partial charge in [0.15, 0.2) is 6.61 Å². The zero-order valence-corrected chi connectivity index (χ0v) is 15.6. The Kier molecular flexibility index (Phi) is 4.91. The molecule has 134 valence electrons. The number of esters is 1. The topological polar surface area (TPSA) is 84.5 Å². The van der Waals surface area contributed by atoms with E-state index >= 15 is 0 Å². The molecule has 0 aromatic carbocycles. The minimum atomic E-state index is -0.588. The Balaban J connectivity index is 1.52.